The molecule has 0 saturated carbocycles. The Hall–Kier alpha value is -2.55. The van der Waals surface area contributed by atoms with Crippen LogP contribution in [-0.2, 0) is 6.54 Å². The summed E-state index contributed by atoms with van der Waals surface area (Å²) < 4.78 is 1.41. The quantitative estimate of drug-likeness (QED) is 0.571. The molecule has 0 fully saturated rings. The van der Waals surface area contributed by atoms with Gasteiger partial charge in [0.15, 0.2) is 5.82 Å². The molecule has 0 aromatic carbocycles. The Balaban J connectivity index is 1.93. The third-order valence-electron chi connectivity index (χ3n) is 2.52. The second kappa shape index (κ2) is 4.28. The first-order chi connectivity index (χ1) is 9.13. The molecule has 3 rings (SSSR count). The number of hydrogen-bond acceptors (Lipinski definition) is 7. The zero-order valence-corrected chi connectivity index (χ0v) is 10.4. The normalized spacial score (nSPS) is 10.9. The average Bonchev–Trinajstić information content (AvgIpc) is 2.97. The van der Waals surface area contributed by atoms with Gasteiger partial charge in [0.2, 0.25) is 0 Å². The van der Waals surface area contributed by atoms with Gasteiger partial charge in [-0.25, -0.2) is 9.97 Å². The molecule has 96 valence electrons. The second-order valence-electron chi connectivity index (χ2n) is 3.79. The molecule has 0 atom stereocenters. The van der Waals surface area contributed by atoms with Crippen molar-refractivity contribution in [1.29, 1.82) is 0 Å². The van der Waals surface area contributed by atoms with Crippen LogP contribution in [-0.4, -0.2) is 24.7 Å². The summed E-state index contributed by atoms with van der Waals surface area (Å²) in [6, 6.07) is 3.19. The van der Waals surface area contributed by atoms with Gasteiger partial charge in [0.25, 0.3) is 0 Å². The predicted octanol–water partition coefficient (Wildman–Crippen LogP) is 1.43. The number of rotatable bonds is 3. The van der Waals surface area contributed by atoms with Gasteiger partial charge in [-0.2, -0.15) is 4.68 Å². The fourth-order valence-corrected chi connectivity index (χ4v) is 2.47. The number of nitrogens with two attached hydrogens (primary N) is 1. The van der Waals surface area contributed by atoms with E-state index < -0.39 is 4.92 Å². The van der Waals surface area contributed by atoms with E-state index in [1.807, 2.05) is 11.4 Å². The molecule has 3 heterocycles. The molecule has 8 nitrogen and oxygen atoms in total. The summed E-state index contributed by atoms with van der Waals surface area (Å²) in [5.41, 5.74) is 5.83. The lowest BCUT2D eigenvalue weighted by atomic mass is 10.4. The van der Waals surface area contributed by atoms with Crippen molar-refractivity contribution in [2.75, 3.05) is 5.73 Å². The van der Waals surface area contributed by atoms with E-state index in [1.54, 1.807) is 0 Å². The fraction of sp³-hybridized carbons (Fsp3) is 0.100. The van der Waals surface area contributed by atoms with Gasteiger partial charge in [-0.1, -0.05) is 0 Å². The van der Waals surface area contributed by atoms with Crippen molar-refractivity contribution in [3.63, 3.8) is 0 Å². The Labute approximate surface area is 110 Å². The van der Waals surface area contributed by atoms with Crippen molar-refractivity contribution in [3.8, 4) is 0 Å². The molecule has 0 spiro atoms. The van der Waals surface area contributed by atoms with E-state index in [2.05, 4.69) is 15.1 Å². The SMILES string of the molecule is Nc1nc(Cn2ccc([N+](=O)[O-])n2)nc2sccc12. The summed E-state index contributed by atoms with van der Waals surface area (Å²) in [5, 5.41) is 17.1. The third-order valence-corrected chi connectivity index (χ3v) is 3.32. The minimum absolute atomic E-state index is 0.204. The first-order valence-corrected chi connectivity index (χ1v) is 6.19. The van der Waals surface area contributed by atoms with Crippen LogP contribution in [0.5, 0.6) is 0 Å². The number of fused-ring (bicyclic) bond motifs is 1. The summed E-state index contributed by atoms with van der Waals surface area (Å²) in [6.07, 6.45) is 1.51. The number of nitrogens with zero attached hydrogens (tertiary/aromatic N) is 5. The molecule has 0 aliphatic rings. The van der Waals surface area contributed by atoms with Gasteiger partial charge in [-0.15, -0.1) is 11.3 Å². The Morgan fingerprint density at radius 3 is 3.00 bits per heavy atom. The Bertz CT molecular complexity index is 764. The minimum atomic E-state index is -0.547. The zero-order chi connectivity index (χ0) is 13.4. The van der Waals surface area contributed by atoms with Gasteiger partial charge in [-0.3, -0.25) is 0 Å². The van der Waals surface area contributed by atoms with Crippen LogP contribution in [0, 0.1) is 10.1 Å². The number of nitrogen functional groups attached to an aromatic ring is 1. The summed E-state index contributed by atoms with van der Waals surface area (Å²) in [4.78, 5) is 19.3. The number of hydrogen-bond donors (Lipinski definition) is 1. The lowest BCUT2D eigenvalue weighted by molar-refractivity contribution is -0.389. The Morgan fingerprint density at radius 2 is 2.26 bits per heavy atom. The third kappa shape index (κ3) is 2.10. The molecule has 3 aromatic rings. The van der Waals surface area contributed by atoms with E-state index in [0.717, 1.165) is 10.2 Å². The molecule has 0 saturated heterocycles. The van der Waals surface area contributed by atoms with Crippen molar-refractivity contribution in [1.82, 2.24) is 19.7 Å². The van der Waals surface area contributed by atoms with Crippen molar-refractivity contribution in [2.24, 2.45) is 0 Å². The van der Waals surface area contributed by atoms with Crippen LogP contribution in [0.1, 0.15) is 5.82 Å². The van der Waals surface area contributed by atoms with E-state index in [4.69, 9.17) is 5.73 Å². The molecule has 0 aliphatic heterocycles. The summed E-state index contributed by atoms with van der Waals surface area (Å²) in [6.45, 7) is 0.242. The number of aromatic nitrogens is 4. The van der Waals surface area contributed by atoms with Crippen molar-refractivity contribution < 1.29 is 4.92 Å². The standard InChI is InChI=1S/C10H8N6O2S/c11-9-6-2-4-19-10(6)13-7(12-9)5-15-3-1-8(14-15)16(17)18/h1-4H,5H2,(H2,11,12,13). The topological polar surface area (TPSA) is 113 Å². The molecule has 2 N–H and O–H groups in total. The highest BCUT2D eigenvalue weighted by atomic mass is 32.1. The lowest BCUT2D eigenvalue weighted by Crippen LogP contribution is -2.07. The largest absolute Gasteiger partial charge is 0.389 e. The highest BCUT2D eigenvalue weighted by Gasteiger charge is 2.13. The maximum atomic E-state index is 10.5. The monoisotopic (exact) mass is 276 g/mol. The highest BCUT2D eigenvalue weighted by molar-refractivity contribution is 7.16. The molecule has 0 unspecified atom stereocenters. The van der Waals surface area contributed by atoms with Crippen LogP contribution in [0.3, 0.4) is 0 Å². The number of anilines is 1. The van der Waals surface area contributed by atoms with E-state index in [9.17, 15) is 10.1 Å². The summed E-state index contributed by atoms with van der Waals surface area (Å²) in [7, 11) is 0. The smallest absolute Gasteiger partial charge is 0.383 e. The molecule has 0 bridgehead atoms. The van der Waals surface area contributed by atoms with Crippen LogP contribution in [0.4, 0.5) is 11.6 Å². The fourth-order valence-electron chi connectivity index (χ4n) is 1.68. The van der Waals surface area contributed by atoms with Crippen LogP contribution < -0.4 is 5.73 Å². The predicted molar refractivity (Wildman–Crippen MR) is 69.8 cm³/mol. The van der Waals surface area contributed by atoms with Crippen LogP contribution >= 0.6 is 11.3 Å². The second-order valence-corrected chi connectivity index (χ2v) is 4.69. The minimum Gasteiger partial charge on any atom is -0.383 e. The van der Waals surface area contributed by atoms with Gasteiger partial charge in [0, 0.05) is 0 Å². The van der Waals surface area contributed by atoms with Gasteiger partial charge >= 0.3 is 5.82 Å². The molecular weight excluding hydrogens is 268 g/mol. The van der Waals surface area contributed by atoms with E-state index in [-0.39, 0.29) is 12.4 Å². The van der Waals surface area contributed by atoms with Crippen molar-refractivity contribution in [2.45, 2.75) is 6.54 Å². The highest BCUT2D eigenvalue weighted by Crippen LogP contribution is 2.23. The van der Waals surface area contributed by atoms with Crippen LogP contribution in [0.2, 0.25) is 0 Å². The molecule has 0 amide bonds. The number of nitro groups is 1. The van der Waals surface area contributed by atoms with Crippen LogP contribution in [0.25, 0.3) is 10.2 Å². The first kappa shape index (κ1) is 11.5. The van der Waals surface area contributed by atoms with E-state index >= 15 is 0 Å². The van der Waals surface area contributed by atoms with Crippen LogP contribution in [0.15, 0.2) is 23.7 Å². The van der Waals surface area contributed by atoms with Gasteiger partial charge < -0.3 is 15.8 Å². The molecule has 19 heavy (non-hydrogen) atoms. The molecule has 9 heteroatoms. The summed E-state index contributed by atoms with van der Waals surface area (Å²) >= 11 is 1.47. The average molecular weight is 276 g/mol. The molecule has 0 radical (unpaired) electrons. The first-order valence-electron chi connectivity index (χ1n) is 5.31. The Kier molecular flexibility index (Phi) is 2.60. The van der Waals surface area contributed by atoms with Crippen molar-refractivity contribution in [3.05, 3.63) is 39.6 Å². The van der Waals surface area contributed by atoms with Gasteiger partial charge in [0.1, 0.15) is 17.2 Å². The summed E-state index contributed by atoms with van der Waals surface area (Å²) in [5.74, 6) is 0.679. The molecule has 3 aromatic heterocycles. The van der Waals surface area contributed by atoms with E-state index in [1.165, 1.54) is 28.3 Å². The lowest BCUT2D eigenvalue weighted by Gasteiger charge is -2.00. The molecule has 0 aliphatic carbocycles. The van der Waals surface area contributed by atoms with Crippen molar-refractivity contribution >= 4 is 33.2 Å². The van der Waals surface area contributed by atoms with E-state index in [0.29, 0.717) is 11.6 Å². The zero-order valence-electron chi connectivity index (χ0n) is 9.55. The molecular formula is C10H8N6O2S. The number of thiophene rings is 1. The Morgan fingerprint density at radius 1 is 1.42 bits per heavy atom. The van der Waals surface area contributed by atoms with Gasteiger partial charge in [-0.05, 0) is 16.4 Å². The maximum Gasteiger partial charge on any atom is 0.389 e. The van der Waals surface area contributed by atoms with Gasteiger partial charge in [0.05, 0.1) is 22.7 Å². The maximum absolute atomic E-state index is 10.5.